The maximum atomic E-state index is 5.53. The molecule has 1 fully saturated rings. The van der Waals surface area contributed by atoms with E-state index in [4.69, 9.17) is 11.6 Å². The van der Waals surface area contributed by atoms with E-state index >= 15 is 0 Å². The lowest BCUT2D eigenvalue weighted by atomic mass is 9.87. The highest BCUT2D eigenvalue weighted by molar-refractivity contribution is 6.18. The first-order chi connectivity index (χ1) is 5.43. The number of halogens is 1. The Hall–Kier alpha value is 0.0300. The second-order valence-electron chi connectivity index (χ2n) is 3.37. The first-order valence-electron chi connectivity index (χ1n) is 4.64. The van der Waals surface area contributed by atoms with Gasteiger partial charge in [-0.25, -0.2) is 0 Å². The lowest BCUT2D eigenvalue weighted by molar-refractivity contribution is 0.361. The Morgan fingerprint density at radius 1 is 1.09 bits per heavy atom. The van der Waals surface area contributed by atoms with Gasteiger partial charge in [-0.15, -0.1) is 11.6 Å². The van der Waals surface area contributed by atoms with Gasteiger partial charge in [0.1, 0.15) is 0 Å². The molecule has 0 atom stereocenters. The van der Waals surface area contributed by atoms with Crippen molar-refractivity contribution in [2.24, 2.45) is 5.92 Å². The number of allylic oxidation sites excluding steroid dienone is 2. The molecule has 11 heavy (non-hydrogen) atoms. The van der Waals surface area contributed by atoms with Gasteiger partial charge < -0.3 is 0 Å². The molecule has 0 amide bonds. The molecule has 0 bridgehead atoms. The summed E-state index contributed by atoms with van der Waals surface area (Å²) in [6.45, 7) is 0. The molecule has 1 rings (SSSR count). The first kappa shape index (κ1) is 9.12. The van der Waals surface area contributed by atoms with E-state index < -0.39 is 0 Å². The maximum Gasteiger partial charge on any atom is 0.0404 e. The lowest BCUT2D eigenvalue weighted by Gasteiger charge is -2.19. The summed E-state index contributed by atoms with van der Waals surface area (Å²) in [6.07, 6.45) is 12.8. The molecule has 1 aliphatic rings. The Morgan fingerprint density at radius 3 is 2.45 bits per heavy atom. The van der Waals surface area contributed by atoms with E-state index in [1.807, 2.05) is 0 Å². The molecule has 0 unspecified atom stereocenters. The summed E-state index contributed by atoms with van der Waals surface area (Å²) in [5.41, 5.74) is 0. The van der Waals surface area contributed by atoms with Gasteiger partial charge in [0.05, 0.1) is 0 Å². The van der Waals surface area contributed by atoms with E-state index in [-0.39, 0.29) is 0 Å². The van der Waals surface area contributed by atoms with Crippen molar-refractivity contribution in [1.29, 1.82) is 0 Å². The van der Waals surface area contributed by atoms with Crippen molar-refractivity contribution in [3.05, 3.63) is 12.2 Å². The van der Waals surface area contributed by atoms with Crippen LogP contribution in [0.5, 0.6) is 0 Å². The standard InChI is InChI=1S/C10H17Cl/c11-9-5-4-8-10-6-2-1-3-7-10/h4-5,10H,1-3,6-9H2. The average molecular weight is 173 g/mol. The minimum atomic E-state index is 0.673. The van der Waals surface area contributed by atoms with Crippen LogP contribution in [-0.4, -0.2) is 5.88 Å². The van der Waals surface area contributed by atoms with Gasteiger partial charge in [0.2, 0.25) is 0 Å². The molecule has 64 valence electrons. The molecule has 1 heteroatoms. The van der Waals surface area contributed by atoms with Crippen LogP contribution in [0.3, 0.4) is 0 Å². The molecule has 0 N–H and O–H groups in total. The van der Waals surface area contributed by atoms with E-state index in [0.29, 0.717) is 5.88 Å². The topological polar surface area (TPSA) is 0 Å². The summed E-state index contributed by atoms with van der Waals surface area (Å²) in [5, 5.41) is 0. The highest BCUT2D eigenvalue weighted by Crippen LogP contribution is 2.26. The van der Waals surface area contributed by atoms with Crippen molar-refractivity contribution in [2.45, 2.75) is 38.5 Å². The molecule has 0 aromatic rings. The molecule has 0 heterocycles. The number of alkyl halides is 1. The number of hydrogen-bond acceptors (Lipinski definition) is 0. The van der Waals surface area contributed by atoms with E-state index in [0.717, 1.165) is 5.92 Å². The fourth-order valence-electron chi connectivity index (χ4n) is 1.77. The van der Waals surface area contributed by atoms with E-state index in [1.165, 1.54) is 38.5 Å². The summed E-state index contributed by atoms with van der Waals surface area (Å²) < 4.78 is 0. The average Bonchev–Trinajstić information content (AvgIpc) is 2.07. The van der Waals surface area contributed by atoms with Crippen molar-refractivity contribution in [3.63, 3.8) is 0 Å². The fraction of sp³-hybridized carbons (Fsp3) is 0.800. The van der Waals surface area contributed by atoms with E-state index in [2.05, 4.69) is 12.2 Å². The quantitative estimate of drug-likeness (QED) is 0.449. The van der Waals surface area contributed by atoms with Crippen LogP contribution < -0.4 is 0 Å². The van der Waals surface area contributed by atoms with Crippen LogP contribution in [0.25, 0.3) is 0 Å². The molecule has 1 aliphatic carbocycles. The van der Waals surface area contributed by atoms with Crippen molar-refractivity contribution in [2.75, 3.05) is 5.88 Å². The summed E-state index contributed by atoms with van der Waals surface area (Å²) in [7, 11) is 0. The summed E-state index contributed by atoms with van der Waals surface area (Å²) in [5.74, 6) is 1.63. The van der Waals surface area contributed by atoms with Gasteiger partial charge in [-0.2, -0.15) is 0 Å². The SMILES string of the molecule is ClCC=CCC1CCCCC1. The van der Waals surface area contributed by atoms with Crippen molar-refractivity contribution in [1.82, 2.24) is 0 Å². The van der Waals surface area contributed by atoms with E-state index in [1.54, 1.807) is 0 Å². The first-order valence-corrected chi connectivity index (χ1v) is 5.18. The van der Waals surface area contributed by atoms with Crippen LogP contribution in [0, 0.1) is 5.92 Å². The minimum absolute atomic E-state index is 0.673. The molecule has 0 aromatic carbocycles. The zero-order chi connectivity index (χ0) is 7.94. The van der Waals surface area contributed by atoms with Gasteiger partial charge in [-0.05, 0) is 12.3 Å². The van der Waals surface area contributed by atoms with Gasteiger partial charge >= 0.3 is 0 Å². The third-order valence-electron chi connectivity index (χ3n) is 2.45. The van der Waals surface area contributed by atoms with E-state index in [9.17, 15) is 0 Å². The molecular formula is C10H17Cl. The highest BCUT2D eigenvalue weighted by atomic mass is 35.5. The third kappa shape index (κ3) is 3.81. The van der Waals surface area contributed by atoms with Crippen LogP contribution in [0.1, 0.15) is 38.5 Å². The zero-order valence-corrected chi connectivity index (χ0v) is 7.82. The molecule has 0 radical (unpaired) electrons. The summed E-state index contributed by atoms with van der Waals surface area (Å²) >= 11 is 5.53. The van der Waals surface area contributed by atoms with Crippen LogP contribution >= 0.6 is 11.6 Å². The Bertz CT molecular complexity index is 112. The second-order valence-corrected chi connectivity index (χ2v) is 3.67. The minimum Gasteiger partial charge on any atom is -0.122 e. The Balaban J connectivity index is 2.09. The fourth-order valence-corrected chi connectivity index (χ4v) is 1.90. The van der Waals surface area contributed by atoms with Gasteiger partial charge in [-0.1, -0.05) is 44.3 Å². The van der Waals surface area contributed by atoms with Crippen molar-refractivity contribution < 1.29 is 0 Å². The van der Waals surface area contributed by atoms with Crippen LogP contribution in [-0.2, 0) is 0 Å². The normalized spacial score (nSPS) is 21.2. The largest absolute Gasteiger partial charge is 0.122 e. The Labute approximate surface area is 74.6 Å². The smallest absolute Gasteiger partial charge is 0.0404 e. The van der Waals surface area contributed by atoms with Gasteiger partial charge in [0.25, 0.3) is 0 Å². The van der Waals surface area contributed by atoms with Gasteiger partial charge in [-0.3, -0.25) is 0 Å². The summed E-state index contributed by atoms with van der Waals surface area (Å²) in [4.78, 5) is 0. The van der Waals surface area contributed by atoms with Crippen LogP contribution in [0.15, 0.2) is 12.2 Å². The van der Waals surface area contributed by atoms with Crippen molar-refractivity contribution >= 4 is 11.6 Å². The van der Waals surface area contributed by atoms with Gasteiger partial charge in [0, 0.05) is 5.88 Å². The predicted molar refractivity (Wildman–Crippen MR) is 51.1 cm³/mol. The molecular weight excluding hydrogens is 156 g/mol. The Morgan fingerprint density at radius 2 is 1.82 bits per heavy atom. The molecule has 0 aromatic heterocycles. The monoisotopic (exact) mass is 172 g/mol. The predicted octanol–water partition coefficient (Wildman–Crippen LogP) is 3.75. The molecule has 1 saturated carbocycles. The van der Waals surface area contributed by atoms with Crippen LogP contribution in [0.4, 0.5) is 0 Å². The van der Waals surface area contributed by atoms with Gasteiger partial charge in [0.15, 0.2) is 0 Å². The molecule has 0 nitrogen and oxygen atoms in total. The van der Waals surface area contributed by atoms with Crippen molar-refractivity contribution in [3.8, 4) is 0 Å². The maximum absolute atomic E-state index is 5.53. The zero-order valence-electron chi connectivity index (χ0n) is 7.06. The second kappa shape index (κ2) is 5.65. The Kier molecular flexibility index (Phi) is 4.69. The highest BCUT2D eigenvalue weighted by Gasteiger charge is 2.10. The molecule has 0 aliphatic heterocycles. The molecule has 0 saturated heterocycles. The molecule has 0 spiro atoms. The third-order valence-corrected chi connectivity index (χ3v) is 2.63. The lowest BCUT2D eigenvalue weighted by Crippen LogP contribution is -2.04. The summed E-state index contributed by atoms with van der Waals surface area (Å²) in [6, 6.07) is 0. The number of rotatable bonds is 3. The number of hydrogen-bond donors (Lipinski definition) is 0. The van der Waals surface area contributed by atoms with Crippen LogP contribution in [0.2, 0.25) is 0 Å².